The van der Waals surface area contributed by atoms with Crippen molar-refractivity contribution < 1.29 is 18.4 Å². The van der Waals surface area contributed by atoms with E-state index in [0.29, 0.717) is 0 Å². The van der Waals surface area contributed by atoms with Crippen molar-refractivity contribution in [2.45, 2.75) is 32.7 Å². The molecular formula is C14H19F2N3O2. The summed E-state index contributed by atoms with van der Waals surface area (Å²) >= 11 is 0. The van der Waals surface area contributed by atoms with Crippen LogP contribution in [0.25, 0.3) is 0 Å². The predicted octanol–water partition coefficient (Wildman–Crippen LogP) is 1.58. The summed E-state index contributed by atoms with van der Waals surface area (Å²) in [6.07, 6.45) is 0.819. The molecule has 2 amide bonds. The van der Waals surface area contributed by atoms with Crippen molar-refractivity contribution in [3.63, 3.8) is 0 Å². The molecule has 0 bridgehead atoms. The first-order valence-electron chi connectivity index (χ1n) is 6.67. The van der Waals surface area contributed by atoms with Crippen LogP contribution >= 0.6 is 0 Å². The van der Waals surface area contributed by atoms with Gasteiger partial charge in [-0.3, -0.25) is 9.59 Å². The van der Waals surface area contributed by atoms with E-state index in [-0.39, 0.29) is 30.6 Å². The lowest BCUT2D eigenvalue weighted by Gasteiger charge is -2.12. The zero-order valence-corrected chi connectivity index (χ0v) is 12.0. The average molecular weight is 299 g/mol. The summed E-state index contributed by atoms with van der Waals surface area (Å²) in [5.74, 6) is -3.27. The standard InChI is InChI=1S/C14H19F2N3O2/c1-3-8(2)19-11(20)6-7-18-14(21)12-9(15)4-5-10(17)13(12)16/h4-5,8H,3,6-7,17H2,1-2H3,(H,18,21)(H,19,20). The van der Waals surface area contributed by atoms with Gasteiger partial charge < -0.3 is 16.4 Å². The van der Waals surface area contributed by atoms with E-state index in [9.17, 15) is 18.4 Å². The van der Waals surface area contributed by atoms with E-state index in [2.05, 4.69) is 10.6 Å². The molecule has 0 aromatic heterocycles. The normalized spacial score (nSPS) is 11.8. The molecule has 7 heteroatoms. The Morgan fingerprint density at radius 2 is 2.00 bits per heavy atom. The van der Waals surface area contributed by atoms with Gasteiger partial charge in [0.05, 0.1) is 5.69 Å². The summed E-state index contributed by atoms with van der Waals surface area (Å²) in [7, 11) is 0. The minimum atomic E-state index is -1.10. The van der Waals surface area contributed by atoms with Crippen molar-refractivity contribution in [3.8, 4) is 0 Å². The van der Waals surface area contributed by atoms with Gasteiger partial charge in [-0.25, -0.2) is 8.78 Å². The maximum Gasteiger partial charge on any atom is 0.257 e. The van der Waals surface area contributed by atoms with E-state index >= 15 is 0 Å². The van der Waals surface area contributed by atoms with Crippen molar-refractivity contribution in [1.29, 1.82) is 0 Å². The Bertz CT molecular complexity index is 535. The van der Waals surface area contributed by atoms with Crippen LogP contribution in [0.1, 0.15) is 37.0 Å². The number of halogens is 2. The highest BCUT2D eigenvalue weighted by Gasteiger charge is 2.19. The molecule has 1 aromatic rings. The molecule has 0 radical (unpaired) electrons. The summed E-state index contributed by atoms with van der Waals surface area (Å²) in [4.78, 5) is 23.2. The molecule has 0 aliphatic heterocycles. The Labute approximate surface area is 121 Å². The molecule has 5 nitrogen and oxygen atoms in total. The summed E-state index contributed by atoms with van der Waals surface area (Å²) in [5.41, 5.74) is 4.24. The number of hydrogen-bond acceptors (Lipinski definition) is 3. The lowest BCUT2D eigenvalue weighted by atomic mass is 10.1. The van der Waals surface area contributed by atoms with Crippen LogP contribution in [0.3, 0.4) is 0 Å². The number of rotatable bonds is 6. The van der Waals surface area contributed by atoms with Gasteiger partial charge in [-0.15, -0.1) is 0 Å². The second kappa shape index (κ2) is 7.56. The molecule has 0 saturated carbocycles. The summed E-state index contributed by atoms with van der Waals surface area (Å²) in [6.45, 7) is 3.76. The van der Waals surface area contributed by atoms with Crippen LogP contribution in [0.2, 0.25) is 0 Å². The fraction of sp³-hybridized carbons (Fsp3) is 0.429. The molecule has 4 N–H and O–H groups in total. The largest absolute Gasteiger partial charge is 0.396 e. The van der Waals surface area contributed by atoms with Gasteiger partial charge in [0.15, 0.2) is 5.82 Å². The minimum absolute atomic E-state index is 0.0191. The number of hydrogen-bond donors (Lipinski definition) is 3. The molecule has 0 fully saturated rings. The monoisotopic (exact) mass is 299 g/mol. The van der Waals surface area contributed by atoms with E-state index in [4.69, 9.17) is 5.73 Å². The highest BCUT2D eigenvalue weighted by molar-refractivity contribution is 5.95. The zero-order valence-electron chi connectivity index (χ0n) is 12.0. The Balaban J connectivity index is 2.56. The van der Waals surface area contributed by atoms with E-state index in [1.807, 2.05) is 13.8 Å². The van der Waals surface area contributed by atoms with Crippen molar-refractivity contribution in [3.05, 3.63) is 29.3 Å². The first-order valence-corrected chi connectivity index (χ1v) is 6.67. The zero-order chi connectivity index (χ0) is 16.0. The number of anilines is 1. The minimum Gasteiger partial charge on any atom is -0.396 e. The highest BCUT2D eigenvalue weighted by atomic mass is 19.1. The number of amides is 2. The number of carbonyl (C=O) groups excluding carboxylic acids is 2. The maximum atomic E-state index is 13.6. The average Bonchev–Trinajstić information content (AvgIpc) is 2.43. The third kappa shape index (κ3) is 4.70. The Morgan fingerprint density at radius 3 is 2.62 bits per heavy atom. The lowest BCUT2D eigenvalue weighted by Crippen LogP contribution is -2.35. The fourth-order valence-electron chi connectivity index (χ4n) is 1.60. The van der Waals surface area contributed by atoms with Crippen LogP contribution in [0, 0.1) is 11.6 Å². The predicted molar refractivity (Wildman–Crippen MR) is 75.6 cm³/mol. The number of nitrogen functional groups attached to an aromatic ring is 1. The SMILES string of the molecule is CCC(C)NC(=O)CCNC(=O)c1c(F)ccc(N)c1F. The molecule has 0 aliphatic rings. The summed E-state index contributed by atoms with van der Waals surface area (Å²) in [5, 5.41) is 5.01. The molecule has 0 heterocycles. The van der Waals surface area contributed by atoms with Crippen LogP contribution < -0.4 is 16.4 Å². The van der Waals surface area contributed by atoms with Crippen molar-refractivity contribution in [2.24, 2.45) is 0 Å². The number of carbonyl (C=O) groups is 2. The Morgan fingerprint density at radius 1 is 1.33 bits per heavy atom. The second-order valence-corrected chi connectivity index (χ2v) is 4.71. The van der Waals surface area contributed by atoms with Gasteiger partial charge in [0.1, 0.15) is 11.4 Å². The third-order valence-corrected chi connectivity index (χ3v) is 3.01. The van der Waals surface area contributed by atoms with Crippen molar-refractivity contribution >= 4 is 17.5 Å². The van der Waals surface area contributed by atoms with Crippen LogP contribution in [0.5, 0.6) is 0 Å². The Hall–Kier alpha value is -2.18. The fourth-order valence-corrected chi connectivity index (χ4v) is 1.60. The molecule has 1 rings (SSSR count). The molecule has 1 unspecified atom stereocenters. The van der Waals surface area contributed by atoms with Crippen LogP contribution in [-0.2, 0) is 4.79 Å². The number of nitrogens with two attached hydrogens (primary N) is 1. The smallest absolute Gasteiger partial charge is 0.257 e. The van der Waals surface area contributed by atoms with Crippen molar-refractivity contribution in [2.75, 3.05) is 12.3 Å². The van der Waals surface area contributed by atoms with Crippen molar-refractivity contribution in [1.82, 2.24) is 10.6 Å². The van der Waals surface area contributed by atoms with Gasteiger partial charge in [-0.2, -0.15) is 0 Å². The van der Waals surface area contributed by atoms with Gasteiger partial charge in [-0.1, -0.05) is 6.92 Å². The van der Waals surface area contributed by atoms with Crippen LogP contribution in [0.4, 0.5) is 14.5 Å². The number of nitrogens with one attached hydrogen (secondary N) is 2. The van der Waals surface area contributed by atoms with E-state index in [1.165, 1.54) is 0 Å². The molecular weight excluding hydrogens is 280 g/mol. The summed E-state index contributed by atoms with van der Waals surface area (Å²) < 4.78 is 27.1. The van der Waals surface area contributed by atoms with E-state index in [1.54, 1.807) is 0 Å². The van der Waals surface area contributed by atoms with E-state index < -0.39 is 23.1 Å². The third-order valence-electron chi connectivity index (χ3n) is 3.01. The van der Waals surface area contributed by atoms with Gasteiger partial charge in [0, 0.05) is 19.0 Å². The molecule has 116 valence electrons. The van der Waals surface area contributed by atoms with E-state index in [0.717, 1.165) is 18.6 Å². The van der Waals surface area contributed by atoms with Gasteiger partial charge in [0.2, 0.25) is 5.91 Å². The molecule has 0 aliphatic carbocycles. The highest BCUT2D eigenvalue weighted by Crippen LogP contribution is 2.18. The molecule has 0 spiro atoms. The Kier molecular flexibility index (Phi) is 6.08. The molecule has 0 saturated heterocycles. The van der Waals surface area contributed by atoms with Gasteiger partial charge in [0.25, 0.3) is 5.91 Å². The maximum absolute atomic E-state index is 13.6. The first-order chi connectivity index (χ1) is 9.86. The van der Waals surface area contributed by atoms with Crippen LogP contribution in [0.15, 0.2) is 12.1 Å². The molecule has 21 heavy (non-hydrogen) atoms. The quantitative estimate of drug-likeness (QED) is 0.697. The lowest BCUT2D eigenvalue weighted by molar-refractivity contribution is -0.121. The molecule has 1 aromatic carbocycles. The second-order valence-electron chi connectivity index (χ2n) is 4.71. The first kappa shape index (κ1) is 16.9. The molecule has 1 atom stereocenters. The van der Waals surface area contributed by atoms with Gasteiger partial charge >= 0.3 is 0 Å². The van der Waals surface area contributed by atoms with Gasteiger partial charge in [-0.05, 0) is 25.5 Å². The van der Waals surface area contributed by atoms with Crippen LogP contribution in [-0.4, -0.2) is 24.4 Å². The summed E-state index contributed by atoms with van der Waals surface area (Å²) in [6, 6.07) is 2.00. The number of benzene rings is 1. The topological polar surface area (TPSA) is 84.2 Å².